The van der Waals surface area contributed by atoms with Crippen LogP contribution in [0, 0.1) is 5.82 Å². The van der Waals surface area contributed by atoms with Gasteiger partial charge in [-0.15, -0.1) is 0 Å². The number of halogens is 1. The first-order chi connectivity index (χ1) is 10.4. The van der Waals surface area contributed by atoms with E-state index in [9.17, 15) is 17.6 Å². The molecule has 0 aliphatic heterocycles. The molecule has 7 heteroatoms. The van der Waals surface area contributed by atoms with Crippen molar-refractivity contribution in [3.63, 3.8) is 0 Å². The van der Waals surface area contributed by atoms with E-state index in [1.54, 1.807) is 24.3 Å². The van der Waals surface area contributed by atoms with Crippen molar-refractivity contribution >= 4 is 27.1 Å². The normalized spacial score (nSPS) is 11.0. The lowest BCUT2D eigenvalue weighted by Crippen LogP contribution is -2.23. The van der Waals surface area contributed by atoms with Crippen LogP contribution < -0.4 is 10.6 Å². The Morgan fingerprint density at radius 1 is 1.05 bits per heavy atom. The van der Waals surface area contributed by atoms with Gasteiger partial charge in [0.15, 0.2) is 9.84 Å². The summed E-state index contributed by atoms with van der Waals surface area (Å²) in [6.07, 6.45) is 1.07. The molecule has 116 valence electrons. The minimum Gasteiger partial charge on any atom is -0.374 e. The molecule has 0 bridgehead atoms. The third-order valence-electron chi connectivity index (χ3n) is 2.87. The molecule has 0 aliphatic carbocycles. The summed E-state index contributed by atoms with van der Waals surface area (Å²) >= 11 is 0. The molecule has 2 aromatic carbocycles. The van der Waals surface area contributed by atoms with Gasteiger partial charge in [-0.2, -0.15) is 0 Å². The average Bonchev–Trinajstić information content (AvgIpc) is 2.46. The summed E-state index contributed by atoms with van der Waals surface area (Å²) in [7, 11) is -3.45. The maximum Gasteiger partial charge on any atom is 0.243 e. The van der Waals surface area contributed by atoms with Crippen LogP contribution in [0.2, 0.25) is 0 Å². The number of rotatable bonds is 5. The molecule has 0 spiro atoms. The average molecular weight is 322 g/mol. The predicted molar refractivity (Wildman–Crippen MR) is 83.1 cm³/mol. The Balaban J connectivity index is 2.06. The smallest absolute Gasteiger partial charge is 0.243 e. The van der Waals surface area contributed by atoms with Crippen LogP contribution in [0.15, 0.2) is 53.4 Å². The van der Waals surface area contributed by atoms with Gasteiger partial charge >= 0.3 is 0 Å². The molecule has 0 saturated carbocycles. The molecular weight excluding hydrogens is 307 g/mol. The van der Waals surface area contributed by atoms with Crippen molar-refractivity contribution in [3.8, 4) is 0 Å². The lowest BCUT2D eigenvalue weighted by atomic mass is 10.3. The fourth-order valence-corrected chi connectivity index (χ4v) is 2.71. The Bertz CT molecular complexity index is 791. The Morgan fingerprint density at radius 2 is 1.64 bits per heavy atom. The number of sulfone groups is 1. The van der Waals surface area contributed by atoms with Crippen LogP contribution in [0.5, 0.6) is 0 Å². The number of amides is 1. The van der Waals surface area contributed by atoms with Crippen molar-refractivity contribution in [2.24, 2.45) is 0 Å². The summed E-state index contributed by atoms with van der Waals surface area (Å²) in [5.74, 6) is -0.939. The number of para-hydroxylation sites is 2. The van der Waals surface area contributed by atoms with E-state index in [2.05, 4.69) is 10.6 Å². The molecule has 0 saturated heterocycles. The van der Waals surface area contributed by atoms with Gasteiger partial charge in [-0.3, -0.25) is 4.79 Å². The van der Waals surface area contributed by atoms with E-state index < -0.39 is 21.6 Å². The molecule has 0 fully saturated rings. The molecule has 2 rings (SSSR count). The van der Waals surface area contributed by atoms with Gasteiger partial charge in [0, 0.05) is 6.26 Å². The van der Waals surface area contributed by atoms with Crippen LogP contribution >= 0.6 is 0 Å². The van der Waals surface area contributed by atoms with Crippen molar-refractivity contribution in [3.05, 3.63) is 54.3 Å². The van der Waals surface area contributed by atoms with Crippen molar-refractivity contribution in [1.82, 2.24) is 0 Å². The van der Waals surface area contributed by atoms with Gasteiger partial charge in [0.25, 0.3) is 0 Å². The Hall–Kier alpha value is -2.41. The largest absolute Gasteiger partial charge is 0.374 e. The topological polar surface area (TPSA) is 75.3 Å². The van der Waals surface area contributed by atoms with E-state index in [0.29, 0.717) is 0 Å². The predicted octanol–water partition coefficient (Wildman–Crippen LogP) is 2.28. The summed E-state index contributed by atoms with van der Waals surface area (Å²) in [6.45, 7) is -0.182. The van der Waals surface area contributed by atoms with Gasteiger partial charge in [0.2, 0.25) is 5.91 Å². The van der Waals surface area contributed by atoms with E-state index >= 15 is 0 Å². The quantitative estimate of drug-likeness (QED) is 0.885. The highest BCUT2D eigenvalue weighted by Crippen LogP contribution is 2.20. The second-order valence-electron chi connectivity index (χ2n) is 4.65. The number of hydrogen-bond donors (Lipinski definition) is 2. The Kier molecular flexibility index (Phi) is 4.77. The van der Waals surface area contributed by atoms with Gasteiger partial charge in [-0.1, -0.05) is 24.3 Å². The number of carbonyl (C=O) groups excluding carboxylic acids is 1. The summed E-state index contributed by atoms with van der Waals surface area (Å²) < 4.78 is 36.7. The lowest BCUT2D eigenvalue weighted by molar-refractivity contribution is -0.114. The first-order valence-electron chi connectivity index (χ1n) is 6.45. The second kappa shape index (κ2) is 6.57. The molecule has 2 N–H and O–H groups in total. The zero-order chi connectivity index (χ0) is 16.2. The SMILES string of the molecule is CS(=O)(=O)c1ccccc1NC(=O)CNc1ccccc1F. The molecule has 22 heavy (non-hydrogen) atoms. The molecule has 0 aromatic heterocycles. The molecule has 0 radical (unpaired) electrons. The summed E-state index contributed by atoms with van der Waals surface area (Å²) in [4.78, 5) is 11.9. The maximum absolute atomic E-state index is 13.4. The fourth-order valence-electron chi connectivity index (χ4n) is 1.87. The van der Waals surface area contributed by atoms with Crippen molar-refractivity contribution in [2.45, 2.75) is 4.90 Å². The molecule has 0 aliphatic rings. The molecule has 5 nitrogen and oxygen atoms in total. The van der Waals surface area contributed by atoms with Crippen LogP contribution in [0.1, 0.15) is 0 Å². The third kappa shape index (κ3) is 4.05. The number of anilines is 2. The number of carbonyl (C=O) groups is 1. The van der Waals surface area contributed by atoms with Crippen LogP contribution in [0.4, 0.5) is 15.8 Å². The van der Waals surface area contributed by atoms with Gasteiger partial charge in [-0.05, 0) is 24.3 Å². The molecule has 2 aromatic rings. The third-order valence-corrected chi connectivity index (χ3v) is 4.03. The lowest BCUT2D eigenvalue weighted by Gasteiger charge is -2.11. The van der Waals surface area contributed by atoms with Gasteiger partial charge < -0.3 is 10.6 Å². The standard InChI is InChI=1S/C15H15FN2O3S/c1-22(20,21)14-9-5-4-8-13(14)18-15(19)10-17-12-7-3-2-6-11(12)16/h2-9,17H,10H2,1H3,(H,18,19). The highest BCUT2D eigenvalue weighted by molar-refractivity contribution is 7.90. The summed E-state index contributed by atoms with van der Waals surface area (Å²) in [5, 5.41) is 5.16. The second-order valence-corrected chi connectivity index (χ2v) is 6.63. The van der Waals surface area contributed by atoms with Crippen molar-refractivity contribution in [1.29, 1.82) is 0 Å². The minimum atomic E-state index is -3.45. The molecule has 0 unspecified atom stereocenters. The van der Waals surface area contributed by atoms with Crippen molar-refractivity contribution in [2.75, 3.05) is 23.4 Å². The zero-order valence-corrected chi connectivity index (χ0v) is 12.7. The van der Waals surface area contributed by atoms with E-state index in [1.807, 2.05) is 0 Å². The summed E-state index contributed by atoms with van der Waals surface area (Å²) in [5.41, 5.74) is 0.402. The van der Waals surface area contributed by atoms with E-state index in [-0.39, 0.29) is 22.8 Å². The van der Waals surface area contributed by atoms with E-state index in [4.69, 9.17) is 0 Å². The van der Waals surface area contributed by atoms with E-state index in [0.717, 1.165) is 6.26 Å². The van der Waals surface area contributed by atoms with Crippen LogP contribution in [-0.2, 0) is 14.6 Å². The number of benzene rings is 2. The van der Waals surface area contributed by atoms with Gasteiger partial charge in [0.1, 0.15) is 5.82 Å². The highest BCUT2D eigenvalue weighted by Gasteiger charge is 2.14. The van der Waals surface area contributed by atoms with Gasteiger partial charge in [0.05, 0.1) is 22.8 Å². The molecule has 0 atom stereocenters. The minimum absolute atomic E-state index is 0.0363. The fraction of sp³-hybridized carbons (Fsp3) is 0.133. The summed E-state index contributed by atoms with van der Waals surface area (Å²) in [6, 6.07) is 12.1. The van der Waals surface area contributed by atoms with Crippen LogP contribution in [0.3, 0.4) is 0 Å². The monoisotopic (exact) mass is 322 g/mol. The van der Waals surface area contributed by atoms with E-state index in [1.165, 1.54) is 24.3 Å². The Morgan fingerprint density at radius 3 is 2.27 bits per heavy atom. The highest BCUT2D eigenvalue weighted by atomic mass is 32.2. The molecular formula is C15H15FN2O3S. The Labute approximate surface area is 128 Å². The van der Waals surface area contributed by atoms with Crippen molar-refractivity contribution < 1.29 is 17.6 Å². The first kappa shape index (κ1) is 16.0. The maximum atomic E-state index is 13.4. The zero-order valence-electron chi connectivity index (χ0n) is 11.8. The van der Waals surface area contributed by atoms with Gasteiger partial charge in [-0.25, -0.2) is 12.8 Å². The molecule has 1 amide bonds. The molecule has 0 heterocycles. The van der Waals surface area contributed by atoms with Crippen LogP contribution in [0.25, 0.3) is 0 Å². The number of hydrogen-bond acceptors (Lipinski definition) is 4. The number of nitrogens with one attached hydrogen (secondary N) is 2. The first-order valence-corrected chi connectivity index (χ1v) is 8.34. The van der Waals surface area contributed by atoms with Crippen LogP contribution in [-0.4, -0.2) is 27.1 Å².